The lowest BCUT2D eigenvalue weighted by Gasteiger charge is -2.36. The Labute approximate surface area is 156 Å². The number of hydrogen-bond acceptors (Lipinski definition) is 3. The summed E-state index contributed by atoms with van der Waals surface area (Å²) in [5.41, 5.74) is 2.92. The summed E-state index contributed by atoms with van der Waals surface area (Å²) in [6, 6.07) is 10.9. The molecule has 3 aromatic rings. The van der Waals surface area contributed by atoms with E-state index in [0.29, 0.717) is 13.1 Å². The van der Waals surface area contributed by atoms with Crippen LogP contribution in [0, 0.1) is 5.82 Å². The first kappa shape index (κ1) is 17.1. The lowest BCUT2D eigenvalue weighted by molar-refractivity contribution is 0.0735. The van der Waals surface area contributed by atoms with Gasteiger partial charge in [0.25, 0.3) is 5.91 Å². The smallest absolute Gasteiger partial charge is 0.270 e. The Bertz CT molecular complexity index is 920. The number of rotatable bonds is 3. The van der Waals surface area contributed by atoms with Crippen LogP contribution in [0.3, 0.4) is 0 Å². The van der Waals surface area contributed by atoms with Crippen molar-refractivity contribution in [3.05, 3.63) is 53.3 Å². The number of carbonyl (C=O) groups excluding carboxylic acids is 1. The fourth-order valence-electron chi connectivity index (χ4n) is 3.65. The Balaban J connectivity index is 1.51. The third kappa shape index (κ3) is 2.98. The monoisotopic (exact) mass is 371 g/mol. The van der Waals surface area contributed by atoms with Gasteiger partial charge in [-0.15, -0.1) is 11.3 Å². The van der Waals surface area contributed by atoms with E-state index >= 15 is 0 Å². The minimum Gasteiger partial charge on any atom is -0.368 e. The number of anilines is 1. The molecule has 1 amide bonds. The summed E-state index contributed by atoms with van der Waals surface area (Å²) in [5, 5.41) is 2.07. The molecule has 0 unspecified atom stereocenters. The number of nitrogens with zero attached hydrogens (tertiary/aromatic N) is 3. The first-order valence-electron chi connectivity index (χ1n) is 8.93. The van der Waals surface area contributed by atoms with Crippen LogP contribution in [-0.2, 0) is 0 Å². The SMILES string of the molecule is CC(C)n1c(C(=O)N2CCN(c3ccc(F)cc3)CC2)cc2sccc21. The third-order valence-electron chi connectivity index (χ3n) is 4.95. The zero-order valence-electron chi connectivity index (χ0n) is 15.0. The quantitative estimate of drug-likeness (QED) is 0.683. The number of halogens is 1. The Morgan fingerprint density at radius 2 is 1.77 bits per heavy atom. The van der Waals surface area contributed by atoms with E-state index in [9.17, 15) is 9.18 Å². The van der Waals surface area contributed by atoms with Crippen LogP contribution >= 0.6 is 11.3 Å². The summed E-state index contributed by atoms with van der Waals surface area (Å²) in [6.07, 6.45) is 0. The average molecular weight is 371 g/mol. The van der Waals surface area contributed by atoms with Crippen molar-refractivity contribution in [2.75, 3.05) is 31.1 Å². The van der Waals surface area contributed by atoms with Gasteiger partial charge in [-0.1, -0.05) is 0 Å². The summed E-state index contributed by atoms with van der Waals surface area (Å²) in [7, 11) is 0. The lowest BCUT2D eigenvalue weighted by atomic mass is 10.2. The number of piperazine rings is 1. The van der Waals surface area contributed by atoms with E-state index in [-0.39, 0.29) is 17.8 Å². The van der Waals surface area contributed by atoms with Gasteiger partial charge in [0.1, 0.15) is 11.5 Å². The van der Waals surface area contributed by atoms with Gasteiger partial charge in [0.2, 0.25) is 0 Å². The lowest BCUT2D eigenvalue weighted by Crippen LogP contribution is -2.49. The molecule has 136 valence electrons. The summed E-state index contributed by atoms with van der Waals surface area (Å²) in [4.78, 5) is 17.2. The Morgan fingerprint density at radius 3 is 2.42 bits per heavy atom. The maximum absolute atomic E-state index is 13.1. The van der Waals surface area contributed by atoms with Crippen LogP contribution in [0.2, 0.25) is 0 Å². The van der Waals surface area contributed by atoms with Crippen molar-refractivity contribution in [3.63, 3.8) is 0 Å². The largest absolute Gasteiger partial charge is 0.368 e. The Hall–Kier alpha value is -2.34. The van der Waals surface area contributed by atoms with E-state index in [4.69, 9.17) is 0 Å². The van der Waals surface area contributed by atoms with Crippen LogP contribution in [0.25, 0.3) is 10.2 Å². The molecule has 3 heterocycles. The molecule has 6 heteroatoms. The highest BCUT2D eigenvalue weighted by atomic mass is 32.1. The molecule has 4 nitrogen and oxygen atoms in total. The molecule has 4 rings (SSSR count). The molecule has 1 aliphatic rings. The van der Waals surface area contributed by atoms with Crippen molar-refractivity contribution in [1.29, 1.82) is 0 Å². The van der Waals surface area contributed by atoms with Gasteiger partial charge in [-0.2, -0.15) is 0 Å². The van der Waals surface area contributed by atoms with Gasteiger partial charge in [-0.3, -0.25) is 4.79 Å². The molecule has 1 fully saturated rings. The van der Waals surface area contributed by atoms with Crippen LogP contribution < -0.4 is 4.90 Å². The fourth-order valence-corrected chi connectivity index (χ4v) is 4.46. The predicted molar refractivity (Wildman–Crippen MR) is 105 cm³/mol. The van der Waals surface area contributed by atoms with Gasteiger partial charge in [-0.05, 0) is 55.6 Å². The highest BCUT2D eigenvalue weighted by molar-refractivity contribution is 7.17. The maximum Gasteiger partial charge on any atom is 0.270 e. The maximum atomic E-state index is 13.1. The molecule has 0 radical (unpaired) electrons. The van der Waals surface area contributed by atoms with Crippen molar-refractivity contribution in [2.45, 2.75) is 19.9 Å². The van der Waals surface area contributed by atoms with E-state index in [2.05, 4.69) is 34.8 Å². The topological polar surface area (TPSA) is 28.5 Å². The second-order valence-electron chi connectivity index (χ2n) is 6.92. The van der Waals surface area contributed by atoms with Crippen molar-refractivity contribution < 1.29 is 9.18 Å². The van der Waals surface area contributed by atoms with E-state index in [1.54, 1.807) is 23.5 Å². The first-order valence-corrected chi connectivity index (χ1v) is 9.81. The number of hydrogen-bond donors (Lipinski definition) is 0. The van der Waals surface area contributed by atoms with Gasteiger partial charge < -0.3 is 14.4 Å². The minimum absolute atomic E-state index is 0.0980. The van der Waals surface area contributed by atoms with Crippen molar-refractivity contribution in [2.24, 2.45) is 0 Å². The van der Waals surface area contributed by atoms with Crippen LogP contribution in [0.15, 0.2) is 41.8 Å². The fraction of sp³-hybridized carbons (Fsp3) is 0.350. The van der Waals surface area contributed by atoms with Gasteiger partial charge in [0, 0.05) is 37.9 Å². The van der Waals surface area contributed by atoms with E-state index < -0.39 is 0 Å². The third-order valence-corrected chi connectivity index (χ3v) is 5.81. The van der Waals surface area contributed by atoms with E-state index in [1.165, 1.54) is 12.1 Å². The summed E-state index contributed by atoms with van der Waals surface area (Å²) in [6.45, 7) is 7.09. The van der Waals surface area contributed by atoms with E-state index in [0.717, 1.165) is 34.7 Å². The van der Waals surface area contributed by atoms with Crippen LogP contribution in [-0.4, -0.2) is 41.6 Å². The van der Waals surface area contributed by atoms with Crippen LogP contribution in [0.1, 0.15) is 30.4 Å². The standard InChI is InChI=1S/C20H22FN3OS/c1-14(2)24-17-7-12-26-19(17)13-18(24)20(25)23-10-8-22(9-11-23)16-5-3-15(21)4-6-16/h3-7,12-14H,8-11H2,1-2H3. The van der Waals surface area contributed by atoms with Crippen LogP contribution in [0.5, 0.6) is 0 Å². The highest BCUT2D eigenvalue weighted by Gasteiger charge is 2.26. The Kier molecular flexibility index (Phi) is 4.44. The first-order chi connectivity index (χ1) is 12.5. The molecule has 0 atom stereocenters. The molecule has 0 aliphatic carbocycles. The number of aromatic nitrogens is 1. The summed E-state index contributed by atoms with van der Waals surface area (Å²) < 4.78 is 16.4. The molecule has 0 bridgehead atoms. The zero-order chi connectivity index (χ0) is 18.3. The second-order valence-corrected chi connectivity index (χ2v) is 7.87. The minimum atomic E-state index is -0.225. The molecule has 2 aromatic heterocycles. The molecule has 0 saturated carbocycles. The molecular weight excluding hydrogens is 349 g/mol. The molecule has 1 aliphatic heterocycles. The van der Waals surface area contributed by atoms with Gasteiger partial charge in [0.15, 0.2) is 0 Å². The molecular formula is C20H22FN3OS. The zero-order valence-corrected chi connectivity index (χ0v) is 15.8. The van der Waals surface area contributed by atoms with Crippen molar-refractivity contribution in [3.8, 4) is 0 Å². The number of thiophene rings is 1. The molecule has 1 aromatic carbocycles. The summed E-state index contributed by atoms with van der Waals surface area (Å²) in [5.74, 6) is -0.127. The summed E-state index contributed by atoms with van der Waals surface area (Å²) >= 11 is 1.67. The number of fused-ring (bicyclic) bond motifs is 1. The number of amides is 1. The van der Waals surface area contributed by atoms with Gasteiger partial charge >= 0.3 is 0 Å². The van der Waals surface area contributed by atoms with Gasteiger partial charge in [-0.25, -0.2) is 4.39 Å². The number of carbonyl (C=O) groups is 1. The molecule has 0 spiro atoms. The normalized spacial score (nSPS) is 15.2. The average Bonchev–Trinajstić information content (AvgIpc) is 3.22. The Morgan fingerprint density at radius 1 is 1.08 bits per heavy atom. The molecule has 0 N–H and O–H groups in total. The van der Waals surface area contributed by atoms with Crippen molar-refractivity contribution >= 4 is 33.1 Å². The van der Waals surface area contributed by atoms with E-state index in [1.807, 2.05) is 11.0 Å². The predicted octanol–water partition coefficient (Wildman–Crippen LogP) is 4.39. The molecule has 26 heavy (non-hydrogen) atoms. The van der Waals surface area contributed by atoms with Gasteiger partial charge in [0.05, 0.1) is 10.2 Å². The second kappa shape index (κ2) is 6.76. The number of benzene rings is 1. The van der Waals surface area contributed by atoms with Crippen LogP contribution in [0.4, 0.5) is 10.1 Å². The molecule has 1 saturated heterocycles. The highest BCUT2D eigenvalue weighted by Crippen LogP contribution is 2.29. The van der Waals surface area contributed by atoms with Crippen molar-refractivity contribution in [1.82, 2.24) is 9.47 Å².